The number of esters is 1. The number of nitrogens with one attached hydrogen (secondary N) is 2. The summed E-state index contributed by atoms with van der Waals surface area (Å²) in [4.78, 5) is 38.2. The first-order valence-corrected chi connectivity index (χ1v) is 10.6. The number of alkyl halides is 3. The Morgan fingerprint density at radius 3 is 2.18 bits per heavy atom. The molecule has 1 heterocycles. The van der Waals surface area contributed by atoms with E-state index in [1.54, 1.807) is 48.5 Å². The van der Waals surface area contributed by atoms with Crippen molar-refractivity contribution < 1.29 is 27.5 Å². The maximum absolute atomic E-state index is 14.5. The highest BCUT2D eigenvalue weighted by atomic mass is 32.2. The predicted molar refractivity (Wildman–Crippen MR) is 118 cm³/mol. The van der Waals surface area contributed by atoms with Gasteiger partial charge in [-0.25, -0.2) is 9.48 Å². The van der Waals surface area contributed by atoms with Gasteiger partial charge in [0.05, 0.1) is 24.1 Å². The third-order valence-corrected chi connectivity index (χ3v) is 6.23. The molecule has 0 saturated carbocycles. The van der Waals surface area contributed by atoms with Crippen LogP contribution >= 0.6 is 11.8 Å². The number of rotatable bonds is 7. The van der Waals surface area contributed by atoms with Crippen LogP contribution in [0.15, 0.2) is 65.5 Å². The fourth-order valence-corrected chi connectivity index (χ4v) is 4.50. The maximum Gasteiger partial charge on any atom is 0.418 e. The van der Waals surface area contributed by atoms with Crippen molar-refractivity contribution in [2.75, 3.05) is 18.2 Å². The fourth-order valence-electron chi connectivity index (χ4n) is 3.33. The highest BCUT2D eigenvalue weighted by molar-refractivity contribution is 8.01. The highest BCUT2D eigenvalue weighted by Gasteiger charge is 2.66. The van der Waals surface area contributed by atoms with Crippen molar-refractivity contribution in [1.29, 1.82) is 0 Å². The molecule has 0 spiro atoms. The second-order valence-corrected chi connectivity index (χ2v) is 8.15. The van der Waals surface area contributed by atoms with E-state index in [1.165, 1.54) is 19.1 Å². The number of halogens is 3. The lowest BCUT2D eigenvalue weighted by molar-refractivity contribution is -0.187. The van der Waals surface area contributed by atoms with Crippen LogP contribution < -0.4 is 10.9 Å². The van der Waals surface area contributed by atoms with Gasteiger partial charge in [-0.3, -0.25) is 14.7 Å². The minimum absolute atomic E-state index is 0.0190. The smallest absolute Gasteiger partial charge is 0.418 e. The normalized spacial score (nSPS) is 13.2. The van der Waals surface area contributed by atoms with Crippen LogP contribution in [0.2, 0.25) is 0 Å². The van der Waals surface area contributed by atoms with E-state index in [2.05, 4.69) is 15.2 Å². The summed E-state index contributed by atoms with van der Waals surface area (Å²) in [5, 5.41) is 5.06. The second-order valence-electron chi connectivity index (χ2n) is 6.96. The molecule has 0 radical (unpaired) electrons. The monoisotopic (exact) mass is 479 g/mol. The highest BCUT2D eigenvalue weighted by Crippen LogP contribution is 2.50. The summed E-state index contributed by atoms with van der Waals surface area (Å²) in [6.07, 6.45) is -5.25. The largest absolute Gasteiger partial charge is 0.467 e. The molecule has 0 saturated heterocycles. The first-order chi connectivity index (χ1) is 15.6. The number of para-hydroxylation sites is 2. The Hall–Kier alpha value is -3.47. The summed E-state index contributed by atoms with van der Waals surface area (Å²) in [7, 11) is 0.797. The van der Waals surface area contributed by atoms with E-state index in [0.29, 0.717) is 5.69 Å². The molecule has 11 heteroatoms. The van der Waals surface area contributed by atoms with Crippen LogP contribution in [-0.4, -0.2) is 40.7 Å². The summed E-state index contributed by atoms with van der Waals surface area (Å²) >= 11 is -0.0190. The molecular formula is C22H20F3N3O4S. The fraction of sp³-hybridized carbons (Fsp3) is 0.227. The van der Waals surface area contributed by atoms with Crippen LogP contribution in [0.5, 0.6) is 0 Å². The van der Waals surface area contributed by atoms with Gasteiger partial charge < -0.3 is 10.1 Å². The Kier molecular flexibility index (Phi) is 7.01. The molecule has 0 bridgehead atoms. The Morgan fingerprint density at radius 2 is 1.64 bits per heavy atom. The Balaban J connectivity index is 2.07. The predicted octanol–water partition coefficient (Wildman–Crippen LogP) is 3.78. The Bertz CT molecular complexity index is 1190. The van der Waals surface area contributed by atoms with Crippen molar-refractivity contribution in [1.82, 2.24) is 9.78 Å². The first kappa shape index (κ1) is 24.2. The average molecular weight is 479 g/mol. The molecule has 3 aromatic rings. The number of H-pyrrole nitrogens is 1. The van der Waals surface area contributed by atoms with Gasteiger partial charge in [0.1, 0.15) is 0 Å². The second kappa shape index (κ2) is 9.57. The zero-order valence-corrected chi connectivity index (χ0v) is 18.4. The van der Waals surface area contributed by atoms with Crippen LogP contribution in [-0.2, 0) is 19.1 Å². The number of ether oxygens (including phenoxy) is 1. The molecule has 2 aromatic carbocycles. The summed E-state index contributed by atoms with van der Waals surface area (Å²) < 4.78 is 45.6. The van der Waals surface area contributed by atoms with Crippen LogP contribution in [0.1, 0.15) is 11.3 Å². The molecule has 1 aromatic heterocycles. The standard InChI is InChI=1S/C22H20F3N3O4S/c1-14-18(19(30)28(27-14)16-11-7-4-8-12-16)21(20(31)32-2,22(23,24)25)33-13-17(29)26-15-9-5-3-6-10-15/h3-12,27H,13H2,1-2H3,(H,26,29)/t21-/m0/s1. The molecule has 0 aliphatic carbocycles. The number of nitrogens with zero attached hydrogens (tertiary/aromatic N) is 1. The minimum Gasteiger partial charge on any atom is -0.467 e. The topological polar surface area (TPSA) is 93.2 Å². The summed E-state index contributed by atoms with van der Waals surface area (Å²) in [5.74, 6) is -3.24. The van der Waals surface area contributed by atoms with Gasteiger partial charge in [-0.05, 0) is 31.2 Å². The number of anilines is 1. The zero-order valence-electron chi connectivity index (χ0n) is 17.6. The molecule has 33 heavy (non-hydrogen) atoms. The summed E-state index contributed by atoms with van der Waals surface area (Å²) in [6, 6.07) is 16.1. The lowest BCUT2D eigenvalue weighted by Crippen LogP contribution is -2.51. The number of hydrogen-bond donors (Lipinski definition) is 2. The molecule has 0 aliphatic heterocycles. The molecule has 0 unspecified atom stereocenters. The van der Waals surface area contributed by atoms with Crippen LogP contribution in [0.4, 0.5) is 18.9 Å². The maximum atomic E-state index is 14.5. The van der Waals surface area contributed by atoms with E-state index in [4.69, 9.17) is 0 Å². The average Bonchev–Trinajstić information content (AvgIpc) is 3.09. The number of aromatic nitrogens is 2. The summed E-state index contributed by atoms with van der Waals surface area (Å²) in [6.45, 7) is 1.25. The SMILES string of the molecule is COC(=O)[C@@](SCC(=O)Nc1ccccc1)(c1c(C)[nH]n(-c2ccccc2)c1=O)C(F)(F)F. The first-order valence-electron chi connectivity index (χ1n) is 9.63. The van der Waals surface area contributed by atoms with E-state index >= 15 is 0 Å². The third-order valence-electron chi connectivity index (χ3n) is 4.79. The number of benzene rings is 2. The van der Waals surface area contributed by atoms with Crippen molar-refractivity contribution in [3.05, 3.63) is 82.3 Å². The van der Waals surface area contributed by atoms with Crippen molar-refractivity contribution in [2.45, 2.75) is 17.8 Å². The number of hydrogen-bond acceptors (Lipinski definition) is 5. The van der Waals surface area contributed by atoms with Gasteiger partial charge in [-0.15, -0.1) is 11.8 Å². The van der Waals surface area contributed by atoms with Crippen molar-refractivity contribution in [3.63, 3.8) is 0 Å². The molecule has 1 atom stereocenters. The lowest BCUT2D eigenvalue weighted by atomic mass is 9.98. The summed E-state index contributed by atoms with van der Waals surface area (Å²) in [5.41, 5.74) is -1.43. The van der Waals surface area contributed by atoms with E-state index < -0.39 is 39.7 Å². The zero-order chi connectivity index (χ0) is 24.2. The van der Waals surface area contributed by atoms with Crippen molar-refractivity contribution in [2.24, 2.45) is 0 Å². The number of carbonyl (C=O) groups excluding carboxylic acids is 2. The quantitative estimate of drug-likeness (QED) is 0.503. The Morgan fingerprint density at radius 1 is 1.06 bits per heavy atom. The minimum atomic E-state index is -5.25. The number of aromatic amines is 1. The van der Waals surface area contributed by atoms with Gasteiger partial charge >= 0.3 is 12.1 Å². The van der Waals surface area contributed by atoms with Crippen LogP contribution in [0, 0.1) is 6.92 Å². The molecule has 0 aliphatic rings. The lowest BCUT2D eigenvalue weighted by Gasteiger charge is -2.31. The van der Waals surface area contributed by atoms with Gasteiger partial charge in [0, 0.05) is 11.4 Å². The molecule has 0 fully saturated rings. The molecule has 3 rings (SSSR count). The molecular weight excluding hydrogens is 459 g/mol. The van der Waals surface area contributed by atoms with Crippen molar-refractivity contribution >= 4 is 29.3 Å². The van der Waals surface area contributed by atoms with E-state index in [1.807, 2.05) is 0 Å². The van der Waals surface area contributed by atoms with E-state index in [0.717, 1.165) is 11.8 Å². The van der Waals surface area contributed by atoms with Crippen LogP contribution in [0.25, 0.3) is 5.69 Å². The number of aryl methyl sites for hydroxylation is 1. The third kappa shape index (κ3) is 4.68. The van der Waals surface area contributed by atoms with Gasteiger partial charge in [-0.1, -0.05) is 36.4 Å². The van der Waals surface area contributed by atoms with Crippen LogP contribution in [0.3, 0.4) is 0 Å². The van der Waals surface area contributed by atoms with Gasteiger partial charge in [-0.2, -0.15) is 13.2 Å². The van der Waals surface area contributed by atoms with E-state index in [-0.39, 0.29) is 23.1 Å². The number of carbonyl (C=O) groups is 2. The Labute approximate surface area is 190 Å². The van der Waals surface area contributed by atoms with Gasteiger partial charge in [0.2, 0.25) is 10.7 Å². The van der Waals surface area contributed by atoms with Crippen molar-refractivity contribution in [3.8, 4) is 5.69 Å². The molecule has 1 amide bonds. The number of amides is 1. The number of thioether (sulfide) groups is 1. The number of methoxy groups -OCH3 is 1. The molecule has 2 N–H and O–H groups in total. The van der Waals surface area contributed by atoms with Gasteiger partial charge in [0.15, 0.2) is 0 Å². The molecule has 174 valence electrons. The van der Waals surface area contributed by atoms with E-state index in [9.17, 15) is 27.6 Å². The van der Waals surface area contributed by atoms with Gasteiger partial charge in [0.25, 0.3) is 5.56 Å². The molecule has 7 nitrogen and oxygen atoms in total.